The summed E-state index contributed by atoms with van der Waals surface area (Å²) in [6.07, 6.45) is 2.37. The number of rotatable bonds is 5. The molecule has 0 saturated carbocycles. The van der Waals surface area contributed by atoms with Crippen LogP contribution in [0, 0.1) is 4.77 Å². The van der Waals surface area contributed by atoms with E-state index in [0.717, 1.165) is 17.7 Å². The zero-order valence-corrected chi connectivity index (χ0v) is 14.4. The predicted molar refractivity (Wildman–Crippen MR) is 98.4 cm³/mol. The van der Waals surface area contributed by atoms with Crippen LogP contribution in [0.5, 0.6) is 0 Å². The first kappa shape index (κ1) is 16.5. The van der Waals surface area contributed by atoms with Gasteiger partial charge in [0.2, 0.25) is 0 Å². The third-order valence-corrected chi connectivity index (χ3v) is 4.19. The van der Waals surface area contributed by atoms with Gasteiger partial charge in [-0.15, -0.1) is 0 Å². The molecular formula is C18H16ClN3OS. The summed E-state index contributed by atoms with van der Waals surface area (Å²) in [6.45, 7) is 0.535. The Hall–Kier alpha value is -2.37. The zero-order chi connectivity index (χ0) is 16.9. The van der Waals surface area contributed by atoms with Crippen LogP contribution in [0.1, 0.15) is 16.1 Å². The van der Waals surface area contributed by atoms with Gasteiger partial charge in [-0.25, -0.2) is 0 Å². The highest BCUT2D eigenvalue weighted by Gasteiger charge is 2.13. The Kier molecular flexibility index (Phi) is 5.13. The van der Waals surface area contributed by atoms with E-state index in [4.69, 9.17) is 23.8 Å². The molecule has 0 fully saturated rings. The number of H-pyrrole nitrogens is 1. The van der Waals surface area contributed by atoms with Gasteiger partial charge in [-0.1, -0.05) is 41.9 Å². The van der Waals surface area contributed by atoms with Crippen LogP contribution in [0.4, 0.5) is 0 Å². The van der Waals surface area contributed by atoms with Crippen molar-refractivity contribution in [2.75, 3.05) is 6.54 Å². The third kappa shape index (κ3) is 3.75. The zero-order valence-electron chi connectivity index (χ0n) is 12.8. The predicted octanol–water partition coefficient (Wildman–Crippen LogP) is 4.16. The Balaban J connectivity index is 1.70. The van der Waals surface area contributed by atoms with Crippen LogP contribution >= 0.6 is 23.8 Å². The number of aromatic amines is 1. The smallest absolute Gasteiger partial charge is 0.269 e. The van der Waals surface area contributed by atoms with Crippen LogP contribution < -0.4 is 5.32 Å². The summed E-state index contributed by atoms with van der Waals surface area (Å²) in [4.78, 5) is 15.4. The lowest BCUT2D eigenvalue weighted by molar-refractivity contribution is 0.0947. The van der Waals surface area contributed by atoms with Crippen molar-refractivity contribution in [3.8, 4) is 5.69 Å². The number of nitrogens with zero attached hydrogens (tertiary/aromatic N) is 1. The standard InChI is InChI=1S/C18H16ClN3OS/c19-14-8-6-13(7-9-14)10-11-20-17(23)16-12-21-18(24)22(16)15-4-2-1-3-5-15/h1-9,12H,10-11H2,(H,20,23)(H,21,24). The van der Waals surface area contributed by atoms with E-state index in [2.05, 4.69) is 10.3 Å². The molecule has 0 saturated heterocycles. The number of benzene rings is 2. The maximum atomic E-state index is 12.5. The molecule has 3 rings (SSSR count). The van der Waals surface area contributed by atoms with E-state index in [1.54, 1.807) is 10.8 Å². The second kappa shape index (κ2) is 7.47. The lowest BCUT2D eigenvalue weighted by atomic mass is 10.1. The number of para-hydroxylation sites is 1. The SMILES string of the molecule is O=C(NCCc1ccc(Cl)cc1)c1c[nH]c(=S)n1-c1ccccc1. The van der Waals surface area contributed by atoms with Gasteiger partial charge >= 0.3 is 0 Å². The maximum Gasteiger partial charge on any atom is 0.269 e. The Morgan fingerprint density at radius 2 is 1.83 bits per heavy atom. The molecule has 0 radical (unpaired) electrons. The molecule has 0 spiro atoms. The fraction of sp³-hybridized carbons (Fsp3) is 0.111. The van der Waals surface area contributed by atoms with Crippen molar-refractivity contribution in [2.24, 2.45) is 0 Å². The fourth-order valence-corrected chi connectivity index (χ4v) is 2.82. The van der Waals surface area contributed by atoms with Crippen molar-refractivity contribution < 1.29 is 4.79 Å². The lowest BCUT2D eigenvalue weighted by Crippen LogP contribution is -2.27. The molecule has 122 valence electrons. The summed E-state index contributed by atoms with van der Waals surface area (Å²) in [6, 6.07) is 17.2. The van der Waals surface area contributed by atoms with Gasteiger partial charge in [0.25, 0.3) is 5.91 Å². The highest BCUT2D eigenvalue weighted by Crippen LogP contribution is 2.13. The summed E-state index contributed by atoms with van der Waals surface area (Å²) >= 11 is 11.2. The molecule has 0 aliphatic carbocycles. The summed E-state index contributed by atoms with van der Waals surface area (Å²) in [5, 5.41) is 3.63. The van der Waals surface area contributed by atoms with Crippen LogP contribution in [0.2, 0.25) is 5.02 Å². The van der Waals surface area contributed by atoms with Crippen molar-refractivity contribution in [1.82, 2.24) is 14.9 Å². The molecule has 0 bridgehead atoms. The van der Waals surface area contributed by atoms with E-state index in [-0.39, 0.29) is 5.91 Å². The third-order valence-electron chi connectivity index (χ3n) is 3.64. The van der Waals surface area contributed by atoms with E-state index in [1.807, 2.05) is 54.6 Å². The molecule has 4 nitrogen and oxygen atoms in total. The van der Waals surface area contributed by atoms with Gasteiger partial charge in [-0.2, -0.15) is 0 Å². The van der Waals surface area contributed by atoms with E-state index >= 15 is 0 Å². The average Bonchev–Trinajstić information content (AvgIpc) is 2.99. The van der Waals surface area contributed by atoms with Gasteiger partial charge in [0.15, 0.2) is 4.77 Å². The molecule has 2 aromatic carbocycles. The molecule has 1 heterocycles. The minimum Gasteiger partial charge on any atom is -0.350 e. The quantitative estimate of drug-likeness (QED) is 0.673. The minimum atomic E-state index is -0.167. The molecule has 0 atom stereocenters. The molecule has 6 heteroatoms. The van der Waals surface area contributed by atoms with Gasteiger partial charge in [0, 0.05) is 23.5 Å². The number of hydrogen-bond acceptors (Lipinski definition) is 2. The molecule has 2 N–H and O–H groups in total. The van der Waals surface area contributed by atoms with E-state index < -0.39 is 0 Å². The molecule has 1 amide bonds. The first-order valence-corrected chi connectivity index (χ1v) is 8.32. The van der Waals surface area contributed by atoms with Crippen LogP contribution in [0.25, 0.3) is 5.69 Å². The minimum absolute atomic E-state index is 0.167. The molecule has 1 aromatic heterocycles. The normalized spacial score (nSPS) is 10.5. The van der Waals surface area contributed by atoms with Crippen molar-refractivity contribution in [2.45, 2.75) is 6.42 Å². The van der Waals surface area contributed by atoms with Gasteiger partial charge in [-0.05, 0) is 48.5 Å². The van der Waals surface area contributed by atoms with Gasteiger partial charge < -0.3 is 10.3 Å². The highest BCUT2D eigenvalue weighted by atomic mass is 35.5. The number of carbonyl (C=O) groups excluding carboxylic acids is 1. The van der Waals surface area contributed by atoms with Gasteiger partial charge in [-0.3, -0.25) is 9.36 Å². The topological polar surface area (TPSA) is 49.8 Å². The Bertz CT molecular complexity index is 885. The van der Waals surface area contributed by atoms with E-state index in [1.165, 1.54) is 0 Å². The number of halogens is 1. The molecule has 0 aliphatic rings. The average molecular weight is 358 g/mol. The summed E-state index contributed by atoms with van der Waals surface area (Å²) in [5.74, 6) is -0.167. The maximum absolute atomic E-state index is 12.5. The first-order valence-electron chi connectivity index (χ1n) is 7.53. The fourth-order valence-electron chi connectivity index (χ4n) is 2.43. The largest absolute Gasteiger partial charge is 0.350 e. The Morgan fingerprint density at radius 3 is 2.54 bits per heavy atom. The summed E-state index contributed by atoms with van der Waals surface area (Å²) in [7, 11) is 0. The van der Waals surface area contributed by atoms with Crippen molar-refractivity contribution >= 4 is 29.7 Å². The van der Waals surface area contributed by atoms with Gasteiger partial charge in [0.1, 0.15) is 5.69 Å². The van der Waals surface area contributed by atoms with Crippen LogP contribution in [-0.2, 0) is 6.42 Å². The second-order valence-corrected chi connectivity index (χ2v) is 6.11. The molecule has 0 unspecified atom stereocenters. The van der Waals surface area contributed by atoms with Crippen LogP contribution in [-0.4, -0.2) is 22.0 Å². The van der Waals surface area contributed by atoms with Gasteiger partial charge in [0.05, 0.1) is 0 Å². The van der Waals surface area contributed by atoms with Crippen molar-refractivity contribution in [3.63, 3.8) is 0 Å². The number of hydrogen-bond donors (Lipinski definition) is 2. The van der Waals surface area contributed by atoms with E-state index in [0.29, 0.717) is 22.0 Å². The second-order valence-electron chi connectivity index (χ2n) is 5.28. The molecule has 0 aliphatic heterocycles. The summed E-state index contributed by atoms with van der Waals surface area (Å²) < 4.78 is 2.22. The lowest BCUT2D eigenvalue weighted by Gasteiger charge is -2.09. The monoisotopic (exact) mass is 357 g/mol. The molecule has 24 heavy (non-hydrogen) atoms. The number of imidazole rings is 1. The van der Waals surface area contributed by atoms with Crippen molar-refractivity contribution in [1.29, 1.82) is 0 Å². The number of nitrogens with one attached hydrogen (secondary N) is 2. The number of amides is 1. The summed E-state index contributed by atoms with van der Waals surface area (Å²) in [5.41, 5.74) is 2.46. The Labute approximate surface area is 150 Å². The number of aromatic nitrogens is 2. The molecular weight excluding hydrogens is 342 g/mol. The highest BCUT2D eigenvalue weighted by molar-refractivity contribution is 7.71. The van der Waals surface area contributed by atoms with E-state index in [9.17, 15) is 4.79 Å². The van der Waals surface area contributed by atoms with Crippen molar-refractivity contribution in [3.05, 3.63) is 81.8 Å². The van der Waals surface area contributed by atoms with Crippen LogP contribution in [0.3, 0.4) is 0 Å². The Morgan fingerprint density at radius 1 is 1.12 bits per heavy atom. The number of carbonyl (C=O) groups is 1. The molecule has 3 aromatic rings. The van der Waals surface area contributed by atoms with Crippen LogP contribution in [0.15, 0.2) is 60.8 Å². The first-order chi connectivity index (χ1) is 11.6.